The first kappa shape index (κ1) is 21.9. The number of benzene rings is 1. The highest BCUT2D eigenvalue weighted by molar-refractivity contribution is 7.89. The van der Waals surface area contributed by atoms with Gasteiger partial charge in [0.2, 0.25) is 10.0 Å². The maximum absolute atomic E-state index is 12.5. The Kier molecular flexibility index (Phi) is 8.20. The van der Waals surface area contributed by atoms with Gasteiger partial charge in [0, 0.05) is 31.7 Å². The minimum absolute atomic E-state index is 0. The van der Waals surface area contributed by atoms with Crippen molar-refractivity contribution in [3.63, 3.8) is 0 Å². The van der Waals surface area contributed by atoms with E-state index in [-0.39, 0.29) is 29.8 Å². The number of nitrogens with one attached hydrogen (secondary N) is 1. The van der Waals surface area contributed by atoms with Crippen molar-refractivity contribution in [1.29, 1.82) is 0 Å². The molecule has 0 unspecified atom stereocenters. The Hall–Kier alpha value is -1.15. The molecule has 0 heterocycles. The van der Waals surface area contributed by atoms with Crippen molar-refractivity contribution >= 4 is 28.3 Å². The maximum Gasteiger partial charge on any atom is 0.253 e. The first-order chi connectivity index (χ1) is 10.2. The number of rotatable bonds is 7. The Morgan fingerprint density at radius 2 is 1.65 bits per heavy atom. The third-order valence-corrected chi connectivity index (χ3v) is 5.51. The standard InChI is InChI=1S/C15H25N3O3S.ClH/c1-5-15(6-2,11-16)17-22(20,21)13-9-7-12(8-10-13)14(19)18(3)4;/h7-10,17H,5-6,11,16H2,1-4H3;1H. The number of hydrogen-bond donors (Lipinski definition) is 2. The molecule has 0 spiro atoms. The summed E-state index contributed by atoms with van der Waals surface area (Å²) in [5.41, 5.74) is 5.54. The van der Waals surface area contributed by atoms with Crippen molar-refractivity contribution in [1.82, 2.24) is 9.62 Å². The van der Waals surface area contributed by atoms with Crippen molar-refractivity contribution in [2.75, 3.05) is 20.6 Å². The van der Waals surface area contributed by atoms with Gasteiger partial charge >= 0.3 is 0 Å². The summed E-state index contributed by atoms with van der Waals surface area (Å²) in [7, 11) is -0.381. The summed E-state index contributed by atoms with van der Waals surface area (Å²) in [5.74, 6) is -0.171. The number of carbonyl (C=O) groups excluding carboxylic acids is 1. The fourth-order valence-electron chi connectivity index (χ4n) is 2.10. The molecule has 1 rings (SSSR count). The lowest BCUT2D eigenvalue weighted by molar-refractivity contribution is 0.0827. The fourth-order valence-corrected chi connectivity index (χ4v) is 3.66. The highest BCUT2D eigenvalue weighted by Crippen LogP contribution is 2.19. The van der Waals surface area contributed by atoms with Crippen molar-refractivity contribution in [3.8, 4) is 0 Å². The minimum atomic E-state index is -3.67. The largest absolute Gasteiger partial charge is 0.345 e. The zero-order valence-electron chi connectivity index (χ0n) is 14.0. The summed E-state index contributed by atoms with van der Waals surface area (Å²) in [6.07, 6.45) is 1.22. The van der Waals surface area contributed by atoms with E-state index in [0.29, 0.717) is 18.4 Å². The average Bonchev–Trinajstić information content (AvgIpc) is 2.52. The first-order valence-corrected chi connectivity index (χ1v) is 8.75. The van der Waals surface area contributed by atoms with Crippen LogP contribution in [0.3, 0.4) is 0 Å². The molecule has 8 heteroatoms. The first-order valence-electron chi connectivity index (χ1n) is 7.27. The van der Waals surface area contributed by atoms with E-state index in [1.54, 1.807) is 14.1 Å². The molecule has 6 nitrogen and oxygen atoms in total. The molecule has 132 valence electrons. The molecule has 3 N–H and O–H groups in total. The Labute approximate surface area is 144 Å². The molecular weight excluding hydrogens is 338 g/mol. The lowest BCUT2D eigenvalue weighted by Gasteiger charge is -2.31. The predicted molar refractivity (Wildman–Crippen MR) is 94.4 cm³/mol. The van der Waals surface area contributed by atoms with Crippen LogP contribution < -0.4 is 10.5 Å². The van der Waals surface area contributed by atoms with Gasteiger partial charge in [0.1, 0.15) is 0 Å². The van der Waals surface area contributed by atoms with Gasteiger partial charge in [-0.15, -0.1) is 12.4 Å². The topological polar surface area (TPSA) is 92.5 Å². The number of nitrogens with zero attached hydrogens (tertiary/aromatic N) is 1. The van der Waals surface area contributed by atoms with Gasteiger partial charge < -0.3 is 10.6 Å². The van der Waals surface area contributed by atoms with Crippen LogP contribution in [0.4, 0.5) is 0 Å². The second kappa shape index (κ2) is 8.63. The predicted octanol–water partition coefficient (Wildman–Crippen LogP) is 1.61. The van der Waals surface area contributed by atoms with Crippen LogP contribution >= 0.6 is 12.4 Å². The Balaban J connectivity index is 0.00000484. The minimum Gasteiger partial charge on any atom is -0.345 e. The number of amides is 1. The van der Waals surface area contributed by atoms with Crippen molar-refractivity contribution in [2.45, 2.75) is 37.1 Å². The lowest BCUT2D eigenvalue weighted by atomic mass is 9.95. The van der Waals surface area contributed by atoms with E-state index >= 15 is 0 Å². The highest BCUT2D eigenvalue weighted by Gasteiger charge is 2.30. The van der Waals surface area contributed by atoms with Gasteiger partial charge in [-0.25, -0.2) is 13.1 Å². The quantitative estimate of drug-likeness (QED) is 0.769. The Morgan fingerprint density at radius 1 is 1.17 bits per heavy atom. The van der Waals surface area contributed by atoms with Crippen LogP contribution in [0.5, 0.6) is 0 Å². The number of hydrogen-bond acceptors (Lipinski definition) is 4. The van der Waals surface area contributed by atoms with E-state index in [1.807, 2.05) is 13.8 Å². The molecule has 0 atom stereocenters. The van der Waals surface area contributed by atoms with E-state index in [1.165, 1.54) is 29.2 Å². The molecule has 1 aromatic carbocycles. The van der Waals surface area contributed by atoms with E-state index < -0.39 is 15.6 Å². The van der Waals surface area contributed by atoms with Gasteiger partial charge in [0.05, 0.1) is 4.90 Å². The fraction of sp³-hybridized carbons (Fsp3) is 0.533. The number of halogens is 1. The van der Waals surface area contributed by atoms with E-state index in [0.717, 1.165) is 0 Å². The molecule has 0 bridgehead atoms. The molecular formula is C15H26ClN3O3S. The molecule has 0 radical (unpaired) electrons. The van der Waals surface area contributed by atoms with Gasteiger partial charge in [0.25, 0.3) is 5.91 Å². The van der Waals surface area contributed by atoms with Crippen LogP contribution in [0.2, 0.25) is 0 Å². The molecule has 23 heavy (non-hydrogen) atoms. The van der Waals surface area contributed by atoms with Crippen LogP contribution in [-0.4, -0.2) is 45.4 Å². The third kappa shape index (κ3) is 5.17. The smallest absolute Gasteiger partial charge is 0.253 e. The average molecular weight is 364 g/mol. The van der Waals surface area contributed by atoms with Crippen molar-refractivity contribution in [3.05, 3.63) is 29.8 Å². The van der Waals surface area contributed by atoms with Crippen LogP contribution in [-0.2, 0) is 10.0 Å². The molecule has 0 aliphatic carbocycles. The van der Waals surface area contributed by atoms with E-state index in [2.05, 4.69) is 4.72 Å². The van der Waals surface area contributed by atoms with Gasteiger partial charge in [-0.1, -0.05) is 13.8 Å². The lowest BCUT2D eigenvalue weighted by Crippen LogP contribution is -2.52. The Bertz CT molecular complexity index is 603. The summed E-state index contributed by atoms with van der Waals surface area (Å²) < 4.78 is 27.7. The molecule has 0 aliphatic rings. The summed E-state index contributed by atoms with van der Waals surface area (Å²) in [6, 6.07) is 5.90. The van der Waals surface area contributed by atoms with Crippen LogP contribution in [0.1, 0.15) is 37.0 Å². The maximum atomic E-state index is 12.5. The number of carbonyl (C=O) groups is 1. The SMILES string of the molecule is CCC(CC)(CN)NS(=O)(=O)c1ccc(C(=O)N(C)C)cc1.Cl. The van der Waals surface area contributed by atoms with Gasteiger partial charge in [-0.2, -0.15) is 0 Å². The normalized spacial score (nSPS) is 11.7. The summed E-state index contributed by atoms with van der Waals surface area (Å²) in [5, 5.41) is 0. The third-order valence-electron chi connectivity index (χ3n) is 3.91. The Morgan fingerprint density at radius 3 is 2.00 bits per heavy atom. The molecule has 0 fully saturated rings. The highest BCUT2D eigenvalue weighted by atomic mass is 35.5. The van der Waals surface area contributed by atoms with Crippen molar-refractivity contribution in [2.24, 2.45) is 5.73 Å². The second-order valence-electron chi connectivity index (χ2n) is 5.52. The summed E-state index contributed by atoms with van der Waals surface area (Å²) in [4.78, 5) is 13.4. The zero-order chi connectivity index (χ0) is 17.0. The molecule has 0 aliphatic heterocycles. The number of nitrogens with two attached hydrogens (primary N) is 1. The van der Waals surface area contributed by atoms with E-state index in [4.69, 9.17) is 5.73 Å². The molecule has 1 aromatic rings. The van der Waals surface area contributed by atoms with E-state index in [9.17, 15) is 13.2 Å². The van der Waals surface area contributed by atoms with Crippen molar-refractivity contribution < 1.29 is 13.2 Å². The molecule has 0 saturated heterocycles. The second-order valence-corrected chi connectivity index (χ2v) is 7.20. The van der Waals surface area contributed by atoms with Crippen LogP contribution in [0.25, 0.3) is 0 Å². The van der Waals surface area contributed by atoms with Gasteiger partial charge in [-0.3, -0.25) is 4.79 Å². The monoisotopic (exact) mass is 363 g/mol. The molecule has 0 saturated carbocycles. The van der Waals surface area contributed by atoms with Gasteiger partial charge in [-0.05, 0) is 37.1 Å². The summed E-state index contributed by atoms with van der Waals surface area (Å²) >= 11 is 0. The van der Waals surface area contributed by atoms with Crippen LogP contribution in [0.15, 0.2) is 29.2 Å². The number of sulfonamides is 1. The van der Waals surface area contributed by atoms with Crippen LogP contribution in [0, 0.1) is 0 Å². The molecule has 1 amide bonds. The van der Waals surface area contributed by atoms with Gasteiger partial charge in [0.15, 0.2) is 0 Å². The molecule has 0 aromatic heterocycles. The zero-order valence-corrected chi connectivity index (χ0v) is 15.6. The summed E-state index contributed by atoms with van der Waals surface area (Å²) in [6.45, 7) is 4.03.